The fraction of sp³-hybridized carbons (Fsp3) is 0.300. The lowest BCUT2D eigenvalue weighted by molar-refractivity contribution is -0.874. The van der Waals surface area contributed by atoms with Crippen molar-refractivity contribution in [2.75, 3.05) is 25.2 Å². The van der Waals surface area contributed by atoms with E-state index >= 15 is 0 Å². The van der Waals surface area contributed by atoms with Gasteiger partial charge in [-0.25, -0.2) is 8.78 Å². The highest BCUT2D eigenvalue weighted by atomic mass is 127. The fourth-order valence-corrected chi connectivity index (χ4v) is 2.88. The lowest BCUT2D eigenvalue weighted by atomic mass is 9.96. The Kier molecular flexibility index (Phi) is 6.92. The van der Waals surface area contributed by atoms with Crippen molar-refractivity contribution in [3.05, 3.63) is 77.4 Å². The Balaban J connectivity index is 2.25. The minimum absolute atomic E-state index is 0.280. The van der Waals surface area contributed by atoms with Crippen molar-refractivity contribution in [1.82, 2.24) is 0 Å². The van der Waals surface area contributed by atoms with Gasteiger partial charge in [0.2, 0.25) is 0 Å². The Morgan fingerprint density at radius 3 is 2.00 bits per heavy atom. The molecule has 2 aromatic rings. The number of nitrogens with zero attached hydrogens (tertiary/aromatic N) is 1. The molecule has 24 heavy (non-hydrogen) atoms. The number of quaternary nitrogens is 1. The van der Waals surface area contributed by atoms with Gasteiger partial charge in [0.25, 0.3) is 0 Å². The second-order valence-corrected chi connectivity index (χ2v) is 7.24. The highest BCUT2D eigenvalue weighted by Crippen LogP contribution is 2.25. The summed E-state index contributed by atoms with van der Waals surface area (Å²) >= 11 is 2.39. The summed E-state index contributed by atoms with van der Waals surface area (Å²) in [6, 6.07) is 13.0. The monoisotopic (exact) mass is 442 g/mol. The van der Waals surface area contributed by atoms with Crippen LogP contribution in [-0.2, 0) is 0 Å². The van der Waals surface area contributed by atoms with Gasteiger partial charge in [0, 0.05) is 6.42 Å². The number of alkyl halides is 1. The van der Waals surface area contributed by atoms with Crippen molar-refractivity contribution < 1.29 is 13.3 Å². The fourth-order valence-electron chi connectivity index (χ4n) is 2.54. The first-order valence-corrected chi connectivity index (χ1v) is 9.54. The van der Waals surface area contributed by atoms with Crippen molar-refractivity contribution in [1.29, 1.82) is 0 Å². The van der Waals surface area contributed by atoms with Gasteiger partial charge < -0.3 is 4.48 Å². The minimum atomic E-state index is -0.280. The van der Waals surface area contributed by atoms with E-state index < -0.39 is 0 Å². The molecule has 2 rings (SSSR count). The molecule has 0 aromatic heterocycles. The van der Waals surface area contributed by atoms with Gasteiger partial charge in [-0.2, -0.15) is 0 Å². The van der Waals surface area contributed by atoms with Crippen LogP contribution in [0.1, 0.15) is 24.0 Å². The molecule has 0 saturated heterocycles. The van der Waals surface area contributed by atoms with Gasteiger partial charge in [0.05, 0.1) is 20.6 Å². The van der Waals surface area contributed by atoms with Gasteiger partial charge in [-0.3, -0.25) is 0 Å². The summed E-state index contributed by atoms with van der Waals surface area (Å²) in [5.74, 6) is -0.560. The molecule has 0 saturated carbocycles. The smallest absolute Gasteiger partial charge is 0.129 e. The zero-order chi connectivity index (χ0) is 17.6. The van der Waals surface area contributed by atoms with Gasteiger partial charge in [-0.15, -0.1) is 0 Å². The van der Waals surface area contributed by atoms with Crippen LogP contribution in [0, 0.1) is 11.6 Å². The number of rotatable bonds is 7. The topological polar surface area (TPSA) is 0 Å². The third-order valence-corrected chi connectivity index (χ3v) is 5.76. The Labute approximate surface area is 156 Å². The summed E-state index contributed by atoms with van der Waals surface area (Å²) in [6.45, 7) is 1.07. The second-order valence-electron chi connectivity index (χ2n) is 6.56. The van der Waals surface area contributed by atoms with Crippen LogP contribution in [0.5, 0.6) is 0 Å². The maximum absolute atomic E-state index is 13.6. The number of halogens is 3. The van der Waals surface area contributed by atoms with Crippen LogP contribution in [0.2, 0.25) is 0 Å². The third kappa shape index (κ3) is 5.67. The number of hydrogen-bond donors (Lipinski definition) is 0. The number of hydrogen-bond acceptors (Lipinski definition) is 0. The van der Waals surface area contributed by atoms with Crippen molar-refractivity contribution in [2.24, 2.45) is 0 Å². The van der Waals surface area contributed by atoms with Crippen molar-refractivity contribution in [3.8, 4) is 0 Å². The number of allylic oxidation sites excluding steroid dienone is 1. The summed E-state index contributed by atoms with van der Waals surface area (Å²) in [5, 5.41) is 0. The van der Waals surface area contributed by atoms with Crippen LogP contribution in [0.25, 0.3) is 5.57 Å². The SMILES string of the molecule is C[N+](C)(CI)CCCC=C(c1cccc(F)c1)c1cccc(F)c1. The lowest BCUT2D eigenvalue weighted by Crippen LogP contribution is -2.38. The van der Waals surface area contributed by atoms with Gasteiger partial charge in [0.15, 0.2) is 0 Å². The van der Waals surface area contributed by atoms with Gasteiger partial charge in [0.1, 0.15) is 16.2 Å². The van der Waals surface area contributed by atoms with Crippen LogP contribution < -0.4 is 0 Å². The van der Waals surface area contributed by atoms with Crippen molar-refractivity contribution in [3.63, 3.8) is 0 Å². The second kappa shape index (κ2) is 8.72. The summed E-state index contributed by atoms with van der Waals surface area (Å²) in [6.07, 6.45) is 4.00. The third-order valence-electron chi connectivity index (χ3n) is 3.91. The highest BCUT2D eigenvalue weighted by Gasteiger charge is 2.12. The molecule has 0 N–H and O–H groups in total. The zero-order valence-corrected chi connectivity index (χ0v) is 16.3. The average molecular weight is 442 g/mol. The van der Waals surface area contributed by atoms with Crippen LogP contribution in [0.3, 0.4) is 0 Å². The van der Waals surface area contributed by atoms with Crippen molar-refractivity contribution in [2.45, 2.75) is 12.8 Å². The largest absolute Gasteiger partial charge is 0.320 e. The molecule has 0 amide bonds. The van der Waals surface area contributed by atoms with E-state index in [4.69, 9.17) is 0 Å². The quantitative estimate of drug-likeness (QED) is 0.171. The van der Waals surface area contributed by atoms with Crippen molar-refractivity contribution >= 4 is 28.2 Å². The molecule has 0 aliphatic rings. The molecule has 0 atom stereocenters. The zero-order valence-electron chi connectivity index (χ0n) is 14.1. The first-order valence-electron chi connectivity index (χ1n) is 8.01. The Bertz CT molecular complexity index is 663. The number of benzene rings is 2. The Morgan fingerprint density at radius 2 is 1.54 bits per heavy atom. The van der Waals surface area contributed by atoms with E-state index in [0.717, 1.165) is 45.1 Å². The number of unbranched alkanes of at least 4 members (excludes halogenated alkanes) is 1. The summed E-state index contributed by atoms with van der Waals surface area (Å²) in [4.78, 5) is 0. The molecule has 0 radical (unpaired) electrons. The van der Waals surface area contributed by atoms with E-state index in [1.807, 2.05) is 12.1 Å². The molecule has 4 heteroatoms. The van der Waals surface area contributed by atoms with Crippen LogP contribution in [0.15, 0.2) is 54.6 Å². The molecule has 0 aliphatic heterocycles. The van der Waals surface area contributed by atoms with Gasteiger partial charge in [-0.05, 0) is 70.0 Å². The normalized spacial score (nSPS) is 11.4. The van der Waals surface area contributed by atoms with E-state index in [2.05, 4.69) is 42.8 Å². The van der Waals surface area contributed by atoms with Gasteiger partial charge in [-0.1, -0.05) is 30.3 Å². The van der Waals surface area contributed by atoms with E-state index in [9.17, 15) is 8.78 Å². The lowest BCUT2D eigenvalue weighted by Gasteiger charge is -2.26. The van der Waals surface area contributed by atoms with E-state index in [-0.39, 0.29) is 11.6 Å². The molecule has 0 aliphatic carbocycles. The highest BCUT2D eigenvalue weighted by molar-refractivity contribution is 14.1. The molecule has 1 nitrogen and oxygen atoms in total. The minimum Gasteiger partial charge on any atom is -0.320 e. The van der Waals surface area contributed by atoms with E-state index in [1.54, 1.807) is 12.1 Å². The predicted molar refractivity (Wildman–Crippen MR) is 105 cm³/mol. The molecule has 2 aromatic carbocycles. The van der Waals surface area contributed by atoms with Crippen LogP contribution in [0.4, 0.5) is 8.78 Å². The summed E-state index contributed by atoms with van der Waals surface area (Å²) in [7, 11) is 4.41. The maximum Gasteiger partial charge on any atom is 0.129 e. The first kappa shape index (κ1) is 19.1. The van der Waals surface area contributed by atoms with Crippen LogP contribution in [-0.4, -0.2) is 29.7 Å². The molecular formula is C20H23F2IN+. The molecule has 0 bridgehead atoms. The predicted octanol–water partition coefficient (Wildman–Crippen LogP) is 5.65. The molecule has 0 heterocycles. The van der Waals surface area contributed by atoms with Gasteiger partial charge >= 0.3 is 0 Å². The summed E-state index contributed by atoms with van der Waals surface area (Å²) in [5.41, 5.74) is 2.44. The Hall–Kier alpha value is -1.27. The maximum atomic E-state index is 13.6. The molecule has 0 unspecified atom stereocenters. The van der Waals surface area contributed by atoms with E-state index in [1.165, 1.54) is 24.3 Å². The standard InChI is InChI=1S/C20H23F2IN/c1-24(2,15-23)12-4-3-11-20(16-7-5-9-18(21)13-16)17-8-6-10-19(22)14-17/h5-11,13-14H,3-4,12,15H2,1-2H3/q+1. The summed E-state index contributed by atoms with van der Waals surface area (Å²) < 4.78 is 29.2. The average Bonchev–Trinajstić information content (AvgIpc) is 2.55. The molecule has 128 valence electrons. The Morgan fingerprint density at radius 1 is 1.00 bits per heavy atom. The van der Waals surface area contributed by atoms with Crippen LogP contribution >= 0.6 is 22.6 Å². The van der Waals surface area contributed by atoms with E-state index in [0.29, 0.717) is 0 Å². The first-order chi connectivity index (χ1) is 11.4. The molecular weight excluding hydrogens is 419 g/mol. The molecule has 0 spiro atoms. The molecule has 0 fully saturated rings.